The maximum absolute atomic E-state index is 12.2. The van der Waals surface area contributed by atoms with Crippen LogP contribution in [0.15, 0.2) is 29.4 Å². The van der Waals surface area contributed by atoms with Gasteiger partial charge in [-0.2, -0.15) is 0 Å². The van der Waals surface area contributed by atoms with Gasteiger partial charge in [0.05, 0.1) is 5.75 Å². The Hall–Kier alpha value is -2.55. The summed E-state index contributed by atoms with van der Waals surface area (Å²) in [6, 6.07) is 7.32. The predicted octanol–water partition coefficient (Wildman–Crippen LogP) is 2.09. The summed E-state index contributed by atoms with van der Waals surface area (Å²) in [5.41, 5.74) is 6.45. The first-order chi connectivity index (χ1) is 13.5. The number of anilines is 1. The average Bonchev–Trinajstić information content (AvgIpc) is 3.49. The van der Waals surface area contributed by atoms with Crippen molar-refractivity contribution in [2.75, 3.05) is 23.7 Å². The number of hydrogen-bond acceptors (Lipinski definition) is 6. The fourth-order valence-corrected chi connectivity index (χ4v) is 3.64. The number of carbonyl (C=O) groups is 2. The van der Waals surface area contributed by atoms with Crippen LogP contribution >= 0.6 is 11.8 Å². The van der Waals surface area contributed by atoms with Gasteiger partial charge in [-0.05, 0) is 51.0 Å². The summed E-state index contributed by atoms with van der Waals surface area (Å²) in [5, 5.41) is 9.03. The van der Waals surface area contributed by atoms with Gasteiger partial charge < -0.3 is 9.47 Å². The van der Waals surface area contributed by atoms with Crippen LogP contribution in [-0.2, 0) is 11.8 Å². The van der Waals surface area contributed by atoms with Crippen LogP contribution in [-0.4, -0.2) is 45.4 Å². The number of hydrazine groups is 1. The maximum atomic E-state index is 12.2. The van der Waals surface area contributed by atoms with Crippen LogP contribution in [0.1, 0.15) is 48.8 Å². The van der Waals surface area contributed by atoms with Crippen LogP contribution in [0.4, 0.5) is 5.69 Å². The molecule has 1 saturated carbocycles. The number of aromatic nitrogens is 3. The van der Waals surface area contributed by atoms with E-state index in [9.17, 15) is 9.59 Å². The molecule has 0 spiro atoms. The summed E-state index contributed by atoms with van der Waals surface area (Å²) >= 11 is 1.30. The minimum absolute atomic E-state index is 0.151. The molecule has 3 rings (SSSR count). The molecule has 1 aromatic carbocycles. The van der Waals surface area contributed by atoms with E-state index in [4.69, 9.17) is 0 Å². The van der Waals surface area contributed by atoms with Gasteiger partial charge in [-0.1, -0.05) is 11.8 Å². The molecule has 0 unspecified atom stereocenters. The van der Waals surface area contributed by atoms with Crippen LogP contribution in [0.3, 0.4) is 0 Å². The van der Waals surface area contributed by atoms with Crippen LogP contribution in [0, 0.1) is 0 Å². The highest BCUT2D eigenvalue weighted by Crippen LogP contribution is 2.39. The second-order valence-corrected chi connectivity index (χ2v) is 7.63. The topological polar surface area (TPSA) is 92.2 Å². The van der Waals surface area contributed by atoms with Gasteiger partial charge in [0.25, 0.3) is 5.91 Å². The van der Waals surface area contributed by atoms with E-state index in [0.717, 1.165) is 37.4 Å². The zero-order chi connectivity index (χ0) is 20.1. The minimum atomic E-state index is -0.348. The van der Waals surface area contributed by atoms with E-state index in [1.165, 1.54) is 11.8 Å². The standard InChI is InChI=1S/C19H26N6O2S/c1-4-25(5-2)15-10-8-14(9-11-15)18(27)22-20-16(26)12-28-19-23-21-17(24(19)3)13-6-7-13/h8-11,13H,4-7,12H2,1-3H3,(H,20,26)(H,22,27). The molecule has 1 fully saturated rings. The van der Waals surface area contributed by atoms with E-state index >= 15 is 0 Å². The molecule has 8 nitrogen and oxygen atoms in total. The molecule has 2 aromatic rings. The van der Waals surface area contributed by atoms with Gasteiger partial charge in [-0.25, -0.2) is 0 Å². The van der Waals surface area contributed by atoms with Gasteiger partial charge in [-0.3, -0.25) is 20.4 Å². The normalized spacial score (nSPS) is 13.2. The third kappa shape index (κ3) is 4.83. The number of amides is 2. The summed E-state index contributed by atoms with van der Waals surface area (Å²) in [7, 11) is 1.91. The first-order valence-electron chi connectivity index (χ1n) is 9.49. The Bertz CT molecular complexity index is 827. The van der Waals surface area contributed by atoms with Crippen LogP contribution in [0.2, 0.25) is 0 Å². The first-order valence-corrected chi connectivity index (χ1v) is 10.5. The molecule has 28 heavy (non-hydrogen) atoms. The van der Waals surface area contributed by atoms with Crippen LogP contribution in [0.25, 0.3) is 0 Å². The lowest BCUT2D eigenvalue weighted by Crippen LogP contribution is -2.42. The lowest BCUT2D eigenvalue weighted by Gasteiger charge is -2.21. The molecule has 0 saturated heterocycles. The van der Waals surface area contributed by atoms with Crippen molar-refractivity contribution in [2.45, 2.75) is 37.8 Å². The minimum Gasteiger partial charge on any atom is -0.372 e. The number of nitrogens with zero attached hydrogens (tertiary/aromatic N) is 4. The summed E-state index contributed by atoms with van der Waals surface area (Å²) in [6.45, 7) is 5.99. The maximum Gasteiger partial charge on any atom is 0.269 e. The summed E-state index contributed by atoms with van der Waals surface area (Å²) in [5.74, 6) is 0.989. The number of hydrogen-bond donors (Lipinski definition) is 2. The second kappa shape index (κ2) is 9.09. The average molecular weight is 403 g/mol. The van der Waals surface area contributed by atoms with Crippen molar-refractivity contribution in [1.29, 1.82) is 0 Å². The molecule has 0 aliphatic heterocycles. The quantitative estimate of drug-likeness (QED) is 0.519. The molecule has 2 N–H and O–H groups in total. The summed E-state index contributed by atoms with van der Waals surface area (Å²) in [4.78, 5) is 26.4. The molecule has 0 radical (unpaired) electrons. The zero-order valence-corrected chi connectivity index (χ0v) is 17.3. The third-order valence-electron chi connectivity index (χ3n) is 4.72. The highest BCUT2D eigenvalue weighted by Gasteiger charge is 2.29. The van der Waals surface area contributed by atoms with Crippen LogP contribution < -0.4 is 15.8 Å². The number of benzene rings is 1. The molecule has 1 aliphatic carbocycles. The number of rotatable bonds is 8. The van der Waals surface area contributed by atoms with Crippen molar-refractivity contribution in [3.8, 4) is 0 Å². The summed E-state index contributed by atoms with van der Waals surface area (Å²) < 4.78 is 1.94. The van der Waals surface area contributed by atoms with Crippen molar-refractivity contribution in [3.63, 3.8) is 0 Å². The van der Waals surface area contributed by atoms with Crippen molar-refractivity contribution >= 4 is 29.3 Å². The van der Waals surface area contributed by atoms with E-state index in [0.29, 0.717) is 16.6 Å². The van der Waals surface area contributed by atoms with Crippen molar-refractivity contribution in [3.05, 3.63) is 35.7 Å². The molecule has 1 heterocycles. The monoisotopic (exact) mass is 402 g/mol. The van der Waals surface area contributed by atoms with Gasteiger partial charge in [0.1, 0.15) is 5.82 Å². The molecule has 1 aromatic heterocycles. The van der Waals surface area contributed by atoms with E-state index < -0.39 is 0 Å². The fraction of sp³-hybridized carbons (Fsp3) is 0.474. The van der Waals surface area contributed by atoms with E-state index in [-0.39, 0.29) is 17.6 Å². The molecule has 0 atom stereocenters. The molecule has 9 heteroatoms. The molecule has 2 amide bonds. The summed E-state index contributed by atoms with van der Waals surface area (Å²) in [6.07, 6.45) is 2.30. The third-order valence-corrected chi connectivity index (χ3v) is 5.74. The smallest absolute Gasteiger partial charge is 0.269 e. The highest BCUT2D eigenvalue weighted by atomic mass is 32.2. The number of nitrogens with one attached hydrogen (secondary N) is 2. The Morgan fingerprint density at radius 1 is 1.14 bits per heavy atom. The SMILES string of the molecule is CCN(CC)c1ccc(C(=O)NNC(=O)CSc2nnc(C3CC3)n2C)cc1. The Morgan fingerprint density at radius 3 is 2.43 bits per heavy atom. The second-order valence-electron chi connectivity index (χ2n) is 6.68. The first kappa shape index (κ1) is 20.2. The van der Waals surface area contributed by atoms with Gasteiger partial charge in [0, 0.05) is 37.3 Å². The van der Waals surface area contributed by atoms with E-state index in [1.807, 2.05) is 23.7 Å². The Labute approximate surface area is 169 Å². The molecule has 1 aliphatic rings. The number of carbonyl (C=O) groups excluding carboxylic acids is 2. The Morgan fingerprint density at radius 2 is 1.82 bits per heavy atom. The van der Waals surface area contributed by atoms with Crippen LogP contribution in [0.5, 0.6) is 0 Å². The van der Waals surface area contributed by atoms with Gasteiger partial charge in [-0.15, -0.1) is 10.2 Å². The Kier molecular flexibility index (Phi) is 6.56. The van der Waals surface area contributed by atoms with Gasteiger partial charge in [0.15, 0.2) is 5.16 Å². The van der Waals surface area contributed by atoms with Crippen molar-refractivity contribution in [2.24, 2.45) is 7.05 Å². The lowest BCUT2D eigenvalue weighted by atomic mass is 10.2. The molecular formula is C19H26N6O2S. The van der Waals surface area contributed by atoms with E-state index in [2.05, 4.69) is 39.8 Å². The molecule has 0 bridgehead atoms. The van der Waals surface area contributed by atoms with Crippen molar-refractivity contribution < 1.29 is 9.59 Å². The largest absolute Gasteiger partial charge is 0.372 e. The highest BCUT2D eigenvalue weighted by molar-refractivity contribution is 7.99. The fourth-order valence-electron chi connectivity index (χ4n) is 2.93. The number of thioether (sulfide) groups is 1. The molecular weight excluding hydrogens is 376 g/mol. The lowest BCUT2D eigenvalue weighted by molar-refractivity contribution is -0.119. The Balaban J connectivity index is 1.45. The zero-order valence-electron chi connectivity index (χ0n) is 16.4. The van der Waals surface area contributed by atoms with Gasteiger partial charge in [0.2, 0.25) is 5.91 Å². The molecule has 150 valence electrons. The predicted molar refractivity (Wildman–Crippen MR) is 109 cm³/mol. The van der Waals surface area contributed by atoms with Gasteiger partial charge >= 0.3 is 0 Å². The van der Waals surface area contributed by atoms with E-state index in [1.54, 1.807) is 12.1 Å². The van der Waals surface area contributed by atoms with Crippen molar-refractivity contribution in [1.82, 2.24) is 25.6 Å².